The highest BCUT2D eigenvalue weighted by Crippen LogP contribution is 2.40. The first-order valence-electron chi connectivity index (χ1n) is 14.0. The molecule has 1 saturated heterocycles. The van der Waals surface area contributed by atoms with Crippen LogP contribution in [0.1, 0.15) is 56.0 Å². The lowest BCUT2D eigenvalue weighted by molar-refractivity contribution is -0.0570. The lowest BCUT2D eigenvalue weighted by Crippen LogP contribution is -2.61. The Labute approximate surface area is 233 Å². The number of carbonyl (C=O) groups is 2. The topological polar surface area (TPSA) is 90.7 Å². The molecule has 210 valence electrons. The Morgan fingerprint density at radius 2 is 1.88 bits per heavy atom. The number of likely N-dealkylation sites (tertiary alicyclic amines) is 1. The summed E-state index contributed by atoms with van der Waals surface area (Å²) < 4.78 is 29.0. The van der Waals surface area contributed by atoms with E-state index < -0.39 is 29.8 Å². The molecule has 2 aliphatic rings. The molecule has 0 spiro atoms. The average Bonchev–Trinajstić information content (AvgIpc) is 3.56. The van der Waals surface area contributed by atoms with Crippen molar-refractivity contribution in [3.63, 3.8) is 0 Å². The molecule has 1 aliphatic heterocycles. The standard InChI is InChI=1S/C32H36FN3O4/c1-18-23-12-11-21(30(37)36-17-22(33)15-27(40-31(34)38)29(36)32(2,3)4)14-26(23)39-28(18)25-13-20-7-5-6-8-24(20)35(25)16-19-9-10-19/h5-8,11-14,19,22,27,29H,9-10,15-17H2,1-4H3,(H2,34,38)/t22-,27-,29?/m1/s1. The SMILES string of the molecule is Cc1c(-c2cc3ccccc3n2CC2CC2)oc2cc(C(=O)N3C[C@H](F)C[C@@H](OC(N)=O)C3C(C)(C)C)ccc12. The van der Waals surface area contributed by atoms with E-state index in [1.807, 2.05) is 39.8 Å². The molecule has 1 aliphatic carbocycles. The molecule has 2 amide bonds. The average molecular weight is 546 g/mol. The summed E-state index contributed by atoms with van der Waals surface area (Å²) in [7, 11) is 0. The number of hydrogen-bond acceptors (Lipinski definition) is 4. The highest BCUT2D eigenvalue weighted by Gasteiger charge is 2.46. The summed E-state index contributed by atoms with van der Waals surface area (Å²) in [5, 5.41) is 2.10. The van der Waals surface area contributed by atoms with E-state index in [2.05, 4.69) is 28.8 Å². The lowest BCUT2D eigenvalue weighted by atomic mass is 9.78. The molecule has 1 unspecified atom stereocenters. The third-order valence-corrected chi connectivity index (χ3v) is 8.35. The molecule has 0 radical (unpaired) electrons. The monoisotopic (exact) mass is 545 g/mol. The first-order valence-corrected chi connectivity index (χ1v) is 14.0. The van der Waals surface area contributed by atoms with Crippen molar-refractivity contribution >= 4 is 33.9 Å². The van der Waals surface area contributed by atoms with Crippen LogP contribution in [-0.4, -0.2) is 46.3 Å². The van der Waals surface area contributed by atoms with Crippen LogP contribution in [0.25, 0.3) is 33.3 Å². The molecule has 2 aromatic heterocycles. The number of amides is 2. The van der Waals surface area contributed by atoms with Gasteiger partial charge in [-0.1, -0.05) is 45.0 Å². The van der Waals surface area contributed by atoms with Gasteiger partial charge >= 0.3 is 6.09 Å². The number of benzene rings is 2. The molecule has 0 bridgehead atoms. The number of para-hydroxylation sites is 1. The molecular formula is C32H36FN3O4. The molecule has 7 nitrogen and oxygen atoms in total. The number of rotatable bonds is 5. The van der Waals surface area contributed by atoms with Gasteiger partial charge in [0.25, 0.3) is 5.91 Å². The van der Waals surface area contributed by atoms with Crippen molar-refractivity contribution in [2.24, 2.45) is 17.1 Å². The van der Waals surface area contributed by atoms with Gasteiger partial charge in [0.15, 0.2) is 5.76 Å². The number of aryl methyl sites for hydroxylation is 1. The maximum absolute atomic E-state index is 14.8. The summed E-state index contributed by atoms with van der Waals surface area (Å²) in [4.78, 5) is 27.0. The largest absolute Gasteiger partial charge is 0.454 e. The number of nitrogens with two attached hydrogens (primary N) is 1. The van der Waals surface area contributed by atoms with Gasteiger partial charge < -0.3 is 24.4 Å². The summed E-state index contributed by atoms with van der Waals surface area (Å²) in [5.74, 6) is 1.15. The van der Waals surface area contributed by atoms with Gasteiger partial charge in [0, 0.05) is 40.4 Å². The number of carbonyl (C=O) groups excluding carboxylic acids is 2. The molecule has 8 heteroatoms. The molecule has 40 heavy (non-hydrogen) atoms. The summed E-state index contributed by atoms with van der Waals surface area (Å²) >= 11 is 0. The summed E-state index contributed by atoms with van der Waals surface area (Å²) in [6.07, 6.45) is -0.647. The second kappa shape index (κ2) is 9.68. The zero-order valence-electron chi connectivity index (χ0n) is 23.4. The van der Waals surface area contributed by atoms with Crippen LogP contribution in [0, 0.1) is 18.3 Å². The Hall–Kier alpha value is -3.81. The molecule has 2 N–H and O–H groups in total. The molecule has 2 fully saturated rings. The minimum Gasteiger partial charge on any atom is -0.454 e. The number of halogens is 1. The van der Waals surface area contributed by atoms with Crippen molar-refractivity contribution in [1.82, 2.24) is 9.47 Å². The van der Waals surface area contributed by atoms with Crippen molar-refractivity contribution < 1.29 is 23.1 Å². The zero-order chi connectivity index (χ0) is 28.3. The van der Waals surface area contributed by atoms with Gasteiger partial charge in [-0.25, -0.2) is 9.18 Å². The number of ether oxygens (including phenoxy) is 1. The van der Waals surface area contributed by atoms with Crippen molar-refractivity contribution in [2.45, 2.75) is 71.8 Å². The number of nitrogens with zero attached hydrogens (tertiary/aromatic N) is 2. The van der Waals surface area contributed by atoms with Gasteiger partial charge in [-0.3, -0.25) is 4.79 Å². The Kier molecular flexibility index (Phi) is 6.39. The van der Waals surface area contributed by atoms with Gasteiger partial charge in [0.1, 0.15) is 17.9 Å². The Bertz CT molecular complexity index is 1610. The van der Waals surface area contributed by atoms with Crippen LogP contribution >= 0.6 is 0 Å². The first-order chi connectivity index (χ1) is 19.0. The van der Waals surface area contributed by atoms with Crippen molar-refractivity contribution in [1.29, 1.82) is 0 Å². The van der Waals surface area contributed by atoms with E-state index in [1.54, 1.807) is 12.1 Å². The molecule has 6 rings (SSSR count). The highest BCUT2D eigenvalue weighted by atomic mass is 19.1. The number of piperidine rings is 1. The minimum absolute atomic E-state index is 0.00326. The quantitative estimate of drug-likeness (QED) is 0.297. The summed E-state index contributed by atoms with van der Waals surface area (Å²) in [5.41, 5.74) is 9.05. The van der Waals surface area contributed by atoms with Gasteiger partial charge in [0.05, 0.1) is 18.3 Å². The number of aromatic nitrogens is 1. The number of hydrogen-bond donors (Lipinski definition) is 1. The molecule has 2 aromatic carbocycles. The van der Waals surface area contributed by atoms with Crippen molar-refractivity contribution in [3.8, 4) is 11.5 Å². The maximum atomic E-state index is 14.8. The summed E-state index contributed by atoms with van der Waals surface area (Å²) in [6, 6.07) is 15.4. The van der Waals surface area contributed by atoms with E-state index >= 15 is 0 Å². The molecule has 4 aromatic rings. The number of furan rings is 1. The fourth-order valence-electron chi connectivity index (χ4n) is 6.40. The Morgan fingerprint density at radius 1 is 1.12 bits per heavy atom. The van der Waals surface area contributed by atoms with Crippen molar-refractivity contribution in [2.75, 3.05) is 6.54 Å². The van der Waals surface area contributed by atoms with E-state index in [9.17, 15) is 14.0 Å². The van der Waals surface area contributed by atoms with E-state index in [0.29, 0.717) is 17.1 Å². The van der Waals surface area contributed by atoms with Crippen LogP contribution in [0.2, 0.25) is 0 Å². The minimum atomic E-state index is -1.33. The molecule has 3 heterocycles. The fraction of sp³-hybridized carbons (Fsp3) is 0.438. The zero-order valence-corrected chi connectivity index (χ0v) is 23.4. The second-order valence-corrected chi connectivity index (χ2v) is 12.5. The molecule has 3 atom stereocenters. The van der Waals surface area contributed by atoms with E-state index in [-0.39, 0.29) is 18.9 Å². The van der Waals surface area contributed by atoms with Gasteiger partial charge in [-0.05, 0) is 55.4 Å². The third kappa shape index (κ3) is 4.73. The van der Waals surface area contributed by atoms with Crippen LogP contribution < -0.4 is 5.73 Å². The van der Waals surface area contributed by atoms with Crippen LogP contribution in [0.3, 0.4) is 0 Å². The predicted molar refractivity (Wildman–Crippen MR) is 153 cm³/mol. The van der Waals surface area contributed by atoms with Gasteiger partial charge in [0.2, 0.25) is 0 Å². The number of alkyl halides is 1. The Morgan fingerprint density at radius 3 is 2.58 bits per heavy atom. The molecular weight excluding hydrogens is 509 g/mol. The third-order valence-electron chi connectivity index (χ3n) is 8.35. The van der Waals surface area contributed by atoms with Crippen LogP contribution in [0.15, 0.2) is 52.9 Å². The van der Waals surface area contributed by atoms with Crippen molar-refractivity contribution in [3.05, 3.63) is 59.7 Å². The van der Waals surface area contributed by atoms with E-state index in [4.69, 9.17) is 14.9 Å². The normalized spacial score (nSPS) is 21.7. The van der Waals surface area contributed by atoms with E-state index in [1.165, 1.54) is 28.6 Å². The predicted octanol–water partition coefficient (Wildman–Crippen LogP) is 6.84. The second-order valence-electron chi connectivity index (χ2n) is 12.5. The molecule has 1 saturated carbocycles. The lowest BCUT2D eigenvalue weighted by Gasteiger charge is -2.47. The number of fused-ring (bicyclic) bond motifs is 2. The first kappa shape index (κ1) is 26.4. The van der Waals surface area contributed by atoms with Gasteiger partial charge in [-0.2, -0.15) is 0 Å². The van der Waals surface area contributed by atoms with Gasteiger partial charge in [-0.15, -0.1) is 0 Å². The van der Waals surface area contributed by atoms with Crippen LogP contribution in [0.5, 0.6) is 0 Å². The summed E-state index contributed by atoms with van der Waals surface area (Å²) in [6.45, 7) is 8.74. The van der Waals surface area contributed by atoms with Crippen LogP contribution in [0.4, 0.5) is 9.18 Å². The fourth-order valence-corrected chi connectivity index (χ4v) is 6.40. The highest BCUT2D eigenvalue weighted by molar-refractivity contribution is 6.00. The smallest absolute Gasteiger partial charge is 0.404 e. The Balaban J connectivity index is 1.39. The van der Waals surface area contributed by atoms with E-state index in [0.717, 1.165) is 28.9 Å². The maximum Gasteiger partial charge on any atom is 0.404 e. The number of primary amides is 1. The van der Waals surface area contributed by atoms with Crippen LogP contribution in [-0.2, 0) is 11.3 Å².